The molecule has 2 amide bonds. The zero-order valence-corrected chi connectivity index (χ0v) is 16.4. The van der Waals surface area contributed by atoms with E-state index in [1.54, 1.807) is 36.4 Å². The first kappa shape index (κ1) is 20.2. The van der Waals surface area contributed by atoms with Gasteiger partial charge in [0.25, 0.3) is 0 Å². The molecule has 6 nitrogen and oxygen atoms in total. The lowest BCUT2D eigenvalue weighted by Gasteiger charge is -2.13. The Labute approximate surface area is 173 Å². The number of benzene rings is 3. The van der Waals surface area contributed by atoms with Crippen LogP contribution < -0.4 is 15.4 Å². The van der Waals surface area contributed by atoms with Crippen molar-refractivity contribution in [3.63, 3.8) is 0 Å². The first-order chi connectivity index (χ1) is 14.0. The SMILES string of the molecule is COC(=O)c1cc(NC(=O)Nc2ccccc2)ccc1OCc1cccc(Cl)c1. The number of esters is 1. The average Bonchev–Trinajstić information content (AvgIpc) is 2.73. The maximum absolute atomic E-state index is 12.2. The van der Waals surface area contributed by atoms with Crippen molar-refractivity contribution in [1.82, 2.24) is 0 Å². The summed E-state index contributed by atoms with van der Waals surface area (Å²) in [4.78, 5) is 24.4. The molecule has 0 radical (unpaired) electrons. The highest BCUT2D eigenvalue weighted by atomic mass is 35.5. The number of ether oxygens (including phenoxy) is 2. The maximum atomic E-state index is 12.2. The molecule has 0 bridgehead atoms. The number of nitrogens with one attached hydrogen (secondary N) is 2. The number of carbonyl (C=O) groups is 2. The summed E-state index contributed by atoms with van der Waals surface area (Å²) >= 11 is 5.98. The third-order valence-electron chi connectivity index (χ3n) is 3.96. The zero-order chi connectivity index (χ0) is 20.6. The highest BCUT2D eigenvalue weighted by Gasteiger charge is 2.15. The Morgan fingerprint density at radius 3 is 2.38 bits per heavy atom. The lowest BCUT2D eigenvalue weighted by molar-refractivity contribution is 0.0595. The molecule has 7 heteroatoms. The smallest absolute Gasteiger partial charge is 0.341 e. The molecule has 0 aliphatic carbocycles. The molecule has 0 unspecified atom stereocenters. The number of carbonyl (C=O) groups excluding carboxylic acids is 2. The van der Waals surface area contributed by atoms with Crippen molar-refractivity contribution >= 4 is 35.0 Å². The van der Waals surface area contributed by atoms with Gasteiger partial charge < -0.3 is 20.1 Å². The molecule has 29 heavy (non-hydrogen) atoms. The molecule has 0 saturated carbocycles. The van der Waals surface area contributed by atoms with E-state index in [0.29, 0.717) is 22.1 Å². The van der Waals surface area contributed by atoms with Crippen LogP contribution in [-0.2, 0) is 11.3 Å². The number of rotatable bonds is 6. The fourth-order valence-electron chi connectivity index (χ4n) is 2.61. The fraction of sp³-hybridized carbons (Fsp3) is 0.0909. The lowest BCUT2D eigenvalue weighted by atomic mass is 10.1. The van der Waals surface area contributed by atoms with Gasteiger partial charge in [0.05, 0.1) is 7.11 Å². The van der Waals surface area contributed by atoms with Crippen molar-refractivity contribution in [3.05, 3.63) is 88.9 Å². The van der Waals surface area contributed by atoms with Crippen molar-refractivity contribution < 1.29 is 19.1 Å². The Morgan fingerprint density at radius 2 is 1.66 bits per heavy atom. The van der Waals surface area contributed by atoms with Crippen LogP contribution in [0.4, 0.5) is 16.2 Å². The van der Waals surface area contributed by atoms with E-state index in [0.717, 1.165) is 5.56 Å². The predicted octanol–water partition coefficient (Wildman–Crippen LogP) is 5.35. The monoisotopic (exact) mass is 410 g/mol. The summed E-state index contributed by atoms with van der Waals surface area (Å²) in [5.74, 6) is -0.232. The Hall–Kier alpha value is -3.51. The summed E-state index contributed by atoms with van der Waals surface area (Å²) in [6.45, 7) is 0.228. The van der Waals surface area contributed by atoms with Crippen LogP contribution in [0.3, 0.4) is 0 Å². The van der Waals surface area contributed by atoms with E-state index < -0.39 is 12.0 Å². The Morgan fingerprint density at radius 1 is 0.897 bits per heavy atom. The van der Waals surface area contributed by atoms with Gasteiger partial charge in [-0.15, -0.1) is 0 Å². The van der Waals surface area contributed by atoms with E-state index in [1.807, 2.05) is 30.3 Å². The quantitative estimate of drug-likeness (QED) is 0.537. The number of amides is 2. The van der Waals surface area contributed by atoms with Gasteiger partial charge in [0.1, 0.15) is 17.9 Å². The molecule has 0 heterocycles. The standard InChI is InChI=1S/C22H19ClN2O4/c1-28-21(26)19-13-18(25-22(27)24-17-8-3-2-4-9-17)10-11-20(19)29-14-15-6-5-7-16(23)12-15/h2-13H,14H2,1H3,(H2,24,25,27). The normalized spacial score (nSPS) is 10.1. The molecular weight excluding hydrogens is 392 g/mol. The molecule has 148 valence electrons. The minimum absolute atomic E-state index is 0.201. The number of urea groups is 1. The third-order valence-corrected chi connectivity index (χ3v) is 4.19. The van der Waals surface area contributed by atoms with E-state index in [4.69, 9.17) is 21.1 Å². The van der Waals surface area contributed by atoms with Gasteiger partial charge in [-0.25, -0.2) is 9.59 Å². The summed E-state index contributed by atoms with van der Waals surface area (Å²) < 4.78 is 10.6. The lowest BCUT2D eigenvalue weighted by Crippen LogP contribution is -2.19. The van der Waals surface area contributed by atoms with Gasteiger partial charge in [-0.3, -0.25) is 0 Å². The van der Waals surface area contributed by atoms with E-state index in [9.17, 15) is 9.59 Å². The van der Waals surface area contributed by atoms with E-state index in [1.165, 1.54) is 13.2 Å². The number of para-hydroxylation sites is 1. The molecule has 0 atom stereocenters. The molecule has 0 spiro atoms. The predicted molar refractivity (Wildman–Crippen MR) is 113 cm³/mol. The molecular formula is C22H19ClN2O4. The molecule has 3 aromatic rings. The molecule has 3 aromatic carbocycles. The zero-order valence-electron chi connectivity index (χ0n) is 15.6. The summed E-state index contributed by atoms with van der Waals surface area (Å²) in [6.07, 6.45) is 0. The van der Waals surface area contributed by atoms with Crippen LogP contribution in [0.15, 0.2) is 72.8 Å². The van der Waals surface area contributed by atoms with Crippen LogP contribution in [-0.4, -0.2) is 19.1 Å². The number of hydrogen-bond donors (Lipinski definition) is 2. The third kappa shape index (κ3) is 5.73. The number of anilines is 2. The molecule has 0 aromatic heterocycles. The van der Waals surface area contributed by atoms with Crippen LogP contribution in [0.1, 0.15) is 15.9 Å². The molecule has 2 N–H and O–H groups in total. The Bertz CT molecular complexity index is 1010. The van der Waals surface area contributed by atoms with Gasteiger partial charge in [0, 0.05) is 16.4 Å². The van der Waals surface area contributed by atoms with Crippen molar-refractivity contribution in [2.45, 2.75) is 6.61 Å². The molecule has 0 aliphatic rings. The topological polar surface area (TPSA) is 76.7 Å². The minimum Gasteiger partial charge on any atom is -0.488 e. The largest absolute Gasteiger partial charge is 0.488 e. The van der Waals surface area contributed by atoms with Gasteiger partial charge in [0.15, 0.2) is 0 Å². The Balaban J connectivity index is 1.73. The van der Waals surface area contributed by atoms with Crippen LogP contribution in [0.2, 0.25) is 5.02 Å². The van der Waals surface area contributed by atoms with Crippen LogP contribution in [0.5, 0.6) is 5.75 Å². The number of methoxy groups -OCH3 is 1. The maximum Gasteiger partial charge on any atom is 0.341 e. The number of halogens is 1. The minimum atomic E-state index is -0.571. The first-order valence-corrected chi connectivity index (χ1v) is 9.15. The Kier molecular flexibility index (Phi) is 6.71. The second-order valence-electron chi connectivity index (χ2n) is 6.07. The summed E-state index contributed by atoms with van der Waals surface area (Å²) in [7, 11) is 1.28. The second kappa shape index (κ2) is 9.61. The fourth-order valence-corrected chi connectivity index (χ4v) is 2.82. The van der Waals surface area contributed by atoms with Crippen molar-refractivity contribution in [3.8, 4) is 5.75 Å². The van der Waals surface area contributed by atoms with E-state index in [-0.39, 0.29) is 12.2 Å². The summed E-state index contributed by atoms with van der Waals surface area (Å²) in [6, 6.07) is 20.6. The second-order valence-corrected chi connectivity index (χ2v) is 6.50. The molecule has 0 aliphatic heterocycles. The van der Waals surface area contributed by atoms with Gasteiger partial charge in [-0.05, 0) is 48.0 Å². The first-order valence-electron chi connectivity index (χ1n) is 8.78. The van der Waals surface area contributed by atoms with Crippen molar-refractivity contribution in [2.75, 3.05) is 17.7 Å². The summed E-state index contributed by atoms with van der Waals surface area (Å²) in [5, 5.41) is 6.00. The average molecular weight is 411 g/mol. The van der Waals surface area contributed by atoms with Gasteiger partial charge in [0.2, 0.25) is 0 Å². The van der Waals surface area contributed by atoms with Crippen LogP contribution in [0.25, 0.3) is 0 Å². The van der Waals surface area contributed by atoms with E-state index in [2.05, 4.69) is 10.6 Å². The highest BCUT2D eigenvalue weighted by molar-refractivity contribution is 6.30. The highest BCUT2D eigenvalue weighted by Crippen LogP contribution is 2.25. The summed E-state index contributed by atoms with van der Waals surface area (Å²) in [5.41, 5.74) is 2.14. The van der Waals surface area contributed by atoms with Crippen molar-refractivity contribution in [2.24, 2.45) is 0 Å². The molecule has 3 rings (SSSR count). The van der Waals surface area contributed by atoms with Gasteiger partial charge >= 0.3 is 12.0 Å². The van der Waals surface area contributed by atoms with Gasteiger partial charge in [-0.1, -0.05) is 41.9 Å². The molecule has 0 saturated heterocycles. The van der Waals surface area contributed by atoms with Crippen LogP contribution >= 0.6 is 11.6 Å². The van der Waals surface area contributed by atoms with Crippen molar-refractivity contribution in [1.29, 1.82) is 0 Å². The van der Waals surface area contributed by atoms with Gasteiger partial charge in [-0.2, -0.15) is 0 Å². The van der Waals surface area contributed by atoms with Crippen LogP contribution in [0, 0.1) is 0 Å². The number of hydrogen-bond acceptors (Lipinski definition) is 4. The van der Waals surface area contributed by atoms with E-state index >= 15 is 0 Å². The molecule has 0 fully saturated rings.